The Labute approximate surface area is 98.4 Å². The number of nitro groups is 1. The van der Waals surface area contributed by atoms with Crippen LogP contribution in [0.5, 0.6) is 0 Å². The first-order chi connectivity index (χ1) is 7.93. The van der Waals surface area contributed by atoms with Gasteiger partial charge in [0.15, 0.2) is 12.1 Å². The van der Waals surface area contributed by atoms with E-state index in [0.717, 1.165) is 6.20 Å². The molecule has 0 unspecified atom stereocenters. The van der Waals surface area contributed by atoms with Crippen molar-refractivity contribution >= 4 is 0 Å². The van der Waals surface area contributed by atoms with Crippen LogP contribution in [0.25, 0.3) is 0 Å². The Hall–Kier alpha value is -1.02. The fourth-order valence-corrected chi connectivity index (χ4v) is 2.08. The van der Waals surface area contributed by atoms with Crippen LogP contribution in [0.4, 0.5) is 0 Å². The van der Waals surface area contributed by atoms with E-state index in [0.29, 0.717) is 0 Å². The summed E-state index contributed by atoms with van der Waals surface area (Å²) in [4.78, 5) is 9.71. The van der Waals surface area contributed by atoms with E-state index in [-0.39, 0.29) is 6.10 Å². The van der Waals surface area contributed by atoms with Gasteiger partial charge in [0.25, 0.3) is 0 Å². The molecule has 0 N–H and O–H groups in total. The minimum atomic E-state index is -0.718. The second-order valence-electron chi connectivity index (χ2n) is 4.40. The van der Waals surface area contributed by atoms with E-state index in [1.165, 1.54) is 13.2 Å². The molecule has 0 saturated carbocycles. The second-order valence-corrected chi connectivity index (χ2v) is 4.40. The summed E-state index contributed by atoms with van der Waals surface area (Å²) in [5, 5.41) is 10.3. The van der Waals surface area contributed by atoms with Crippen molar-refractivity contribution in [2.24, 2.45) is 0 Å². The Kier molecular flexibility index (Phi) is 3.17. The van der Waals surface area contributed by atoms with Gasteiger partial charge in [0.05, 0.1) is 4.92 Å². The van der Waals surface area contributed by atoms with Crippen molar-refractivity contribution in [1.29, 1.82) is 0 Å². The van der Waals surface area contributed by atoms with Gasteiger partial charge in [0.1, 0.15) is 18.3 Å². The van der Waals surface area contributed by atoms with E-state index >= 15 is 0 Å². The number of hydrogen-bond donors (Lipinski definition) is 0. The lowest BCUT2D eigenvalue weighted by molar-refractivity contribution is -0.403. The highest BCUT2D eigenvalue weighted by Gasteiger charge is 2.54. The van der Waals surface area contributed by atoms with Crippen molar-refractivity contribution in [3.05, 3.63) is 22.4 Å². The molecule has 7 heteroatoms. The largest absolute Gasteiger partial charge is 0.375 e. The molecule has 4 atom stereocenters. The van der Waals surface area contributed by atoms with Gasteiger partial charge >= 0.3 is 0 Å². The SMILES string of the molecule is CO[C@@H]1[C@H]2OC(C)(C)O[C@H]2O[C@@H]1/C=C/[N+](=O)[O-]. The fraction of sp³-hybridized carbons (Fsp3) is 0.800. The van der Waals surface area contributed by atoms with Gasteiger partial charge in [0.2, 0.25) is 6.20 Å². The van der Waals surface area contributed by atoms with E-state index in [1.54, 1.807) is 13.8 Å². The lowest BCUT2D eigenvalue weighted by Gasteiger charge is -2.22. The molecule has 2 rings (SSSR count). The van der Waals surface area contributed by atoms with Crippen molar-refractivity contribution in [3.63, 3.8) is 0 Å². The van der Waals surface area contributed by atoms with Gasteiger partial charge in [0, 0.05) is 13.2 Å². The lowest BCUT2D eigenvalue weighted by atomic mass is 10.1. The fourth-order valence-electron chi connectivity index (χ4n) is 2.08. The molecule has 0 radical (unpaired) electrons. The van der Waals surface area contributed by atoms with E-state index in [2.05, 4.69) is 0 Å². The minimum Gasteiger partial charge on any atom is -0.375 e. The van der Waals surface area contributed by atoms with Crippen LogP contribution in [0.15, 0.2) is 12.3 Å². The van der Waals surface area contributed by atoms with Crippen LogP contribution >= 0.6 is 0 Å². The number of methoxy groups -OCH3 is 1. The number of nitrogens with zero attached hydrogens (tertiary/aromatic N) is 1. The van der Waals surface area contributed by atoms with Gasteiger partial charge in [-0.3, -0.25) is 10.1 Å². The van der Waals surface area contributed by atoms with E-state index in [9.17, 15) is 10.1 Å². The number of hydrogen-bond acceptors (Lipinski definition) is 6. The maximum atomic E-state index is 10.3. The van der Waals surface area contributed by atoms with E-state index < -0.39 is 29.2 Å². The monoisotopic (exact) mass is 245 g/mol. The Balaban J connectivity index is 2.08. The zero-order valence-corrected chi connectivity index (χ0v) is 9.86. The van der Waals surface area contributed by atoms with Crippen molar-refractivity contribution in [1.82, 2.24) is 0 Å². The van der Waals surface area contributed by atoms with Crippen LogP contribution in [0.2, 0.25) is 0 Å². The Morgan fingerprint density at radius 1 is 1.41 bits per heavy atom. The Bertz CT molecular complexity index is 342. The van der Waals surface area contributed by atoms with Gasteiger partial charge in [-0.1, -0.05) is 0 Å². The van der Waals surface area contributed by atoms with Gasteiger partial charge in [-0.15, -0.1) is 0 Å². The highest BCUT2D eigenvalue weighted by molar-refractivity contribution is 5.02. The molecule has 2 aliphatic heterocycles. The molecule has 0 aromatic carbocycles. The molecule has 17 heavy (non-hydrogen) atoms. The van der Waals surface area contributed by atoms with Crippen LogP contribution in [-0.2, 0) is 18.9 Å². The summed E-state index contributed by atoms with van der Waals surface area (Å²) in [6.45, 7) is 3.56. The van der Waals surface area contributed by atoms with Crippen molar-refractivity contribution in [3.8, 4) is 0 Å². The second kappa shape index (κ2) is 4.34. The average molecular weight is 245 g/mol. The molecule has 2 saturated heterocycles. The third-order valence-corrected chi connectivity index (χ3v) is 2.70. The maximum Gasteiger partial charge on any atom is 0.233 e. The topological polar surface area (TPSA) is 80.1 Å². The average Bonchev–Trinajstić information content (AvgIpc) is 2.65. The Morgan fingerprint density at radius 2 is 2.12 bits per heavy atom. The Morgan fingerprint density at radius 3 is 2.71 bits per heavy atom. The first kappa shape index (κ1) is 12.4. The third-order valence-electron chi connectivity index (χ3n) is 2.70. The summed E-state index contributed by atoms with van der Waals surface area (Å²) in [6.07, 6.45) is 0.331. The number of ether oxygens (including phenoxy) is 4. The van der Waals surface area contributed by atoms with E-state index in [4.69, 9.17) is 18.9 Å². The number of rotatable bonds is 3. The quantitative estimate of drug-likeness (QED) is 0.537. The predicted octanol–water partition coefficient (Wildman–Crippen LogP) is 0.668. The van der Waals surface area contributed by atoms with Crippen LogP contribution in [0.3, 0.4) is 0 Å². The molecule has 96 valence electrons. The molecule has 0 aromatic heterocycles. The molecule has 0 amide bonds. The molecule has 7 nitrogen and oxygen atoms in total. The third kappa shape index (κ3) is 2.47. The standard InChI is InChI=1S/C10H15NO6/c1-10(2)16-8-7(14-3)6(4-5-11(12)13)15-9(8)17-10/h4-9H,1-3H3/b5-4+/t6-,7+,8-,9-/m1/s1. The summed E-state index contributed by atoms with van der Waals surface area (Å²) in [5.41, 5.74) is 0. The molecule has 2 fully saturated rings. The predicted molar refractivity (Wildman–Crippen MR) is 55.6 cm³/mol. The van der Waals surface area contributed by atoms with E-state index in [1.807, 2.05) is 0 Å². The van der Waals surface area contributed by atoms with Gasteiger partial charge in [-0.2, -0.15) is 0 Å². The smallest absolute Gasteiger partial charge is 0.233 e. The van der Waals surface area contributed by atoms with Crippen LogP contribution in [0, 0.1) is 10.1 Å². The van der Waals surface area contributed by atoms with Gasteiger partial charge in [-0.25, -0.2) is 0 Å². The highest BCUT2D eigenvalue weighted by Crippen LogP contribution is 2.38. The summed E-state index contributed by atoms with van der Waals surface area (Å²) in [5.74, 6) is -0.718. The van der Waals surface area contributed by atoms with Crippen molar-refractivity contribution in [2.75, 3.05) is 7.11 Å². The van der Waals surface area contributed by atoms with Gasteiger partial charge in [-0.05, 0) is 13.8 Å². The first-order valence-electron chi connectivity index (χ1n) is 5.29. The molecule has 0 aliphatic carbocycles. The molecule has 0 bridgehead atoms. The maximum absolute atomic E-state index is 10.3. The molecule has 2 aliphatic rings. The molecular weight excluding hydrogens is 230 g/mol. The van der Waals surface area contributed by atoms with Crippen LogP contribution < -0.4 is 0 Å². The molecule has 2 heterocycles. The highest BCUT2D eigenvalue weighted by atomic mass is 16.8. The molecular formula is C10H15NO6. The van der Waals surface area contributed by atoms with Crippen LogP contribution in [-0.4, -0.2) is 42.4 Å². The number of fused-ring (bicyclic) bond motifs is 1. The van der Waals surface area contributed by atoms with Gasteiger partial charge < -0.3 is 18.9 Å². The summed E-state index contributed by atoms with van der Waals surface area (Å²) in [6, 6.07) is 0. The lowest BCUT2D eigenvalue weighted by Crippen LogP contribution is -2.35. The summed E-state index contributed by atoms with van der Waals surface area (Å²) in [7, 11) is 1.51. The summed E-state index contributed by atoms with van der Waals surface area (Å²) < 4.78 is 21.9. The normalized spacial score (nSPS) is 39.7. The first-order valence-corrected chi connectivity index (χ1v) is 5.29. The van der Waals surface area contributed by atoms with Crippen molar-refractivity contribution < 1.29 is 23.9 Å². The van der Waals surface area contributed by atoms with Crippen LogP contribution in [0.1, 0.15) is 13.8 Å². The molecule has 0 spiro atoms. The molecule has 0 aromatic rings. The zero-order valence-electron chi connectivity index (χ0n) is 9.86. The summed E-state index contributed by atoms with van der Waals surface area (Å²) >= 11 is 0. The minimum absolute atomic E-state index is 0.364. The zero-order chi connectivity index (χ0) is 12.6. The van der Waals surface area contributed by atoms with Crippen molar-refractivity contribution in [2.45, 2.75) is 44.2 Å².